The van der Waals surface area contributed by atoms with Crippen LogP contribution in [0.15, 0.2) is 41.5 Å². The summed E-state index contributed by atoms with van der Waals surface area (Å²) in [6.07, 6.45) is 9.47. The number of hydrogen-bond donors (Lipinski definition) is 2. The first-order valence-electron chi connectivity index (χ1n) is 14.4. The summed E-state index contributed by atoms with van der Waals surface area (Å²) in [6.45, 7) is 8.89. The van der Waals surface area contributed by atoms with Gasteiger partial charge < -0.3 is 15.4 Å². The van der Waals surface area contributed by atoms with Crippen molar-refractivity contribution in [2.24, 2.45) is 17.8 Å². The Morgan fingerprint density at radius 3 is 2.55 bits per heavy atom. The van der Waals surface area contributed by atoms with Crippen molar-refractivity contribution in [2.45, 2.75) is 70.4 Å². The second-order valence-electron chi connectivity index (χ2n) is 12.2. The van der Waals surface area contributed by atoms with Gasteiger partial charge >= 0.3 is 0 Å². The lowest BCUT2D eigenvalue weighted by Crippen LogP contribution is -2.44. The van der Waals surface area contributed by atoms with Crippen molar-refractivity contribution in [3.05, 3.63) is 58.7 Å². The molecule has 0 bridgehead atoms. The molecule has 2 fully saturated rings. The molecular weight excluding hydrogens is 536 g/mol. The summed E-state index contributed by atoms with van der Waals surface area (Å²) >= 11 is 6.13. The number of ether oxygens (including phenoxy) is 1. The van der Waals surface area contributed by atoms with E-state index in [9.17, 15) is 18.4 Å². The van der Waals surface area contributed by atoms with Crippen molar-refractivity contribution in [1.29, 1.82) is 0 Å². The zero-order valence-corrected chi connectivity index (χ0v) is 24.5. The number of hydrogen-bond acceptors (Lipinski definition) is 4. The summed E-state index contributed by atoms with van der Waals surface area (Å²) in [5.41, 5.74) is 0.185. The Balaban J connectivity index is 1.37. The van der Waals surface area contributed by atoms with Crippen molar-refractivity contribution in [1.82, 2.24) is 15.5 Å². The van der Waals surface area contributed by atoms with Crippen molar-refractivity contribution >= 4 is 23.4 Å². The molecule has 2 aliphatic heterocycles. The highest BCUT2D eigenvalue weighted by molar-refractivity contribution is 6.31. The van der Waals surface area contributed by atoms with Crippen LogP contribution in [-0.4, -0.2) is 61.1 Å². The zero-order chi connectivity index (χ0) is 28.9. The van der Waals surface area contributed by atoms with E-state index in [1.807, 2.05) is 12.2 Å². The Labute approximate surface area is 241 Å². The van der Waals surface area contributed by atoms with Gasteiger partial charge in [-0.15, -0.1) is 0 Å². The van der Waals surface area contributed by atoms with Gasteiger partial charge in [0.15, 0.2) is 0 Å². The molecule has 0 aromatic heterocycles. The fourth-order valence-corrected chi connectivity index (χ4v) is 6.12. The summed E-state index contributed by atoms with van der Waals surface area (Å²) in [6, 6.07) is 3.53. The smallest absolute Gasteiger partial charge is 0.225 e. The Hall–Kier alpha value is -2.29. The molecule has 0 saturated carbocycles. The Morgan fingerprint density at radius 1 is 1.15 bits per heavy atom. The second-order valence-corrected chi connectivity index (χ2v) is 12.7. The van der Waals surface area contributed by atoms with Crippen molar-refractivity contribution in [3.8, 4) is 0 Å². The molecule has 4 atom stereocenters. The molecule has 40 heavy (non-hydrogen) atoms. The van der Waals surface area contributed by atoms with E-state index in [1.165, 1.54) is 12.1 Å². The number of rotatable bonds is 9. The van der Waals surface area contributed by atoms with E-state index < -0.39 is 17.6 Å². The van der Waals surface area contributed by atoms with E-state index in [1.54, 1.807) is 0 Å². The van der Waals surface area contributed by atoms with Crippen molar-refractivity contribution in [3.63, 3.8) is 0 Å². The number of halogens is 3. The maximum Gasteiger partial charge on any atom is 0.225 e. The van der Waals surface area contributed by atoms with Crippen molar-refractivity contribution in [2.75, 3.05) is 32.8 Å². The van der Waals surface area contributed by atoms with Gasteiger partial charge in [-0.2, -0.15) is 0 Å². The second kappa shape index (κ2) is 13.6. The van der Waals surface area contributed by atoms with Crippen LogP contribution >= 0.6 is 11.6 Å². The van der Waals surface area contributed by atoms with Crippen LogP contribution in [0.3, 0.4) is 0 Å². The zero-order valence-electron chi connectivity index (χ0n) is 23.7. The van der Waals surface area contributed by atoms with Gasteiger partial charge in [0.2, 0.25) is 11.8 Å². The van der Waals surface area contributed by atoms with Crippen LogP contribution in [-0.2, 0) is 14.3 Å². The van der Waals surface area contributed by atoms with Gasteiger partial charge in [0.05, 0.1) is 5.92 Å². The Kier molecular flexibility index (Phi) is 10.4. The molecule has 1 unspecified atom stereocenters. The third-order valence-electron chi connectivity index (χ3n) is 8.48. The number of likely N-dealkylation sites (tertiary alicyclic amines) is 1. The first kappa shape index (κ1) is 30.7. The molecular formula is C31H42ClF2N3O3. The van der Waals surface area contributed by atoms with Crippen molar-refractivity contribution < 1.29 is 23.1 Å². The first-order valence-corrected chi connectivity index (χ1v) is 14.8. The average Bonchev–Trinajstić information content (AvgIpc) is 3.37. The number of nitrogens with zero attached hydrogens (tertiary/aromatic N) is 1. The summed E-state index contributed by atoms with van der Waals surface area (Å²) in [4.78, 5) is 28.6. The number of benzene rings is 1. The van der Waals surface area contributed by atoms with Crippen LogP contribution in [0.2, 0.25) is 0 Å². The van der Waals surface area contributed by atoms with E-state index in [0.717, 1.165) is 25.3 Å². The van der Waals surface area contributed by atoms with Crippen LogP contribution in [0.4, 0.5) is 8.78 Å². The SMILES string of the molecule is CC(C)(C)N1C[C@@H](C(=O)NCCC[C@H](NC(=O)C2CCOCC2)C2C=CC(Cl)=CC2)[C@H](c2ccc(F)cc2F)C1. The van der Waals surface area contributed by atoms with Gasteiger partial charge in [0, 0.05) is 73.3 Å². The molecule has 0 radical (unpaired) electrons. The van der Waals surface area contributed by atoms with Gasteiger partial charge in [-0.3, -0.25) is 14.5 Å². The van der Waals surface area contributed by atoms with Crippen LogP contribution < -0.4 is 10.6 Å². The van der Waals surface area contributed by atoms with Crippen LogP contribution in [0.5, 0.6) is 0 Å². The van der Waals surface area contributed by atoms with Gasteiger partial charge in [0.25, 0.3) is 0 Å². The fraction of sp³-hybridized carbons (Fsp3) is 0.613. The third kappa shape index (κ3) is 7.92. The number of nitrogens with one attached hydrogen (secondary N) is 2. The molecule has 4 rings (SSSR count). The molecule has 220 valence electrons. The lowest BCUT2D eigenvalue weighted by molar-refractivity contribution is -0.129. The molecule has 9 heteroatoms. The van der Waals surface area contributed by atoms with Gasteiger partial charge in [-0.25, -0.2) is 8.78 Å². The van der Waals surface area contributed by atoms with E-state index in [0.29, 0.717) is 56.3 Å². The van der Waals surface area contributed by atoms with Gasteiger partial charge in [-0.05, 0) is 70.6 Å². The lowest BCUT2D eigenvalue weighted by Gasteiger charge is -2.31. The van der Waals surface area contributed by atoms with Crippen LogP contribution in [0, 0.1) is 29.4 Å². The molecule has 1 aromatic rings. The summed E-state index contributed by atoms with van der Waals surface area (Å²) in [5, 5.41) is 7.03. The molecule has 3 aliphatic rings. The highest BCUT2D eigenvalue weighted by atomic mass is 35.5. The van der Waals surface area contributed by atoms with Gasteiger partial charge in [0.1, 0.15) is 11.6 Å². The monoisotopic (exact) mass is 577 g/mol. The number of carbonyl (C=O) groups is 2. The molecule has 2 saturated heterocycles. The Morgan fingerprint density at radius 2 is 1.90 bits per heavy atom. The summed E-state index contributed by atoms with van der Waals surface area (Å²) in [7, 11) is 0. The van der Waals surface area contributed by atoms with E-state index in [-0.39, 0.29) is 41.1 Å². The number of allylic oxidation sites excluding steroid dienone is 3. The fourth-order valence-electron chi connectivity index (χ4n) is 5.96. The minimum atomic E-state index is -0.628. The standard InChI is InChI=1S/C31H42ClF2N3O3/c1-31(2,3)37-18-25(24-11-10-23(33)17-27(24)34)26(19-37)30(39)35-14-4-5-28(20-6-8-22(32)9-7-20)36-29(38)21-12-15-40-16-13-21/h6,8-11,17,20-21,25-26,28H,4-5,7,12-16,18-19H2,1-3H3,(H,35,39)(H,36,38)/t20?,25-,26+,28-/m0/s1. The molecule has 1 aromatic carbocycles. The summed E-state index contributed by atoms with van der Waals surface area (Å²) in [5.74, 6) is -2.04. The molecule has 2 N–H and O–H groups in total. The van der Waals surface area contributed by atoms with Crippen LogP contribution in [0.1, 0.15) is 64.4 Å². The third-order valence-corrected chi connectivity index (χ3v) is 8.76. The number of amides is 2. The lowest BCUT2D eigenvalue weighted by atomic mass is 9.87. The number of carbonyl (C=O) groups excluding carboxylic acids is 2. The van der Waals surface area contributed by atoms with Gasteiger partial charge in [-0.1, -0.05) is 29.8 Å². The van der Waals surface area contributed by atoms with Crippen LogP contribution in [0.25, 0.3) is 0 Å². The molecule has 2 heterocycles. The highest BCUT2D eigenvalue weighted by Crippen LogP contribution is 2.37. The maximum absolute atomic E-state index is 14.7. The first-order chi connectivity index (χ1) is 19.0. The van der Waals surface area contributed by atoms with E-state index >= 15 is 0 Å². The maximum atomic E-state index is 14.7. The minimum absolute atomic E-state index is 0.0421. The highest BCUT2D eigenvalue weighted by Gasteiger charge is 2.43. The quantitative estimate of drug-likeness (QED) is 0.392. The molecule has 2 amide bonds. The predicted octanol–water partition coefficient (Wildman–Crippen LogP) is 5.29. The minimum Gasteiger partial charge on any atom is -0.381 e. The topological polar surface area (TPSA) is 70.7 Å². The van der Waals surface area contributed by atoms with E-state index in [4.69, 9.17) is 16.3 Å². The Bertz CT molecular complexity index is 1110. The van der Waals surface area contributed by atoms with E-state index in [2.05, 4.69) is 42.4 Å². The largest absolute Gasteiger partial charge is 0.381 e. The molecule has 6 nitrogen and oxygen atoms in total. The normalized spacial score (nSPS) is 24.9. The molecule has 1 aliphatic carbocycles. The predicted molar refractivity (Wildman–Crippen MR) is 153 cm³/mol. The summed E-state index contributed by atoms with van der Waals surface area (Å²) < 4.78 is 33.7. The average molecular weight is 578 g/mol. The molecule has 0 spiro atoms.